The summed E-state index contributed by atoms with van der Waals surface area (Å²) in [6, 6.07) is 1.79. The monoisotopic (exact) mass is 316 g/mol. The molecule has 0 saturated carbocycles. The molecule has 0 unspecified atom stereocenters. The molecule has 6 heteroatoms. The molecule has 0 aliphatic heterocycles. The largest absolute Gasteiger partial charge is 0.370 e. The maximum atomic E-state index is 5.98. The lowest BCUT2D eigenvalue weighted by molar-refractivity contribution is 0.739. The van der Waals surface area contributed by atoms with Gasteiger partial charge in [0.1, 0.15) is 11.0 Å². The number of nitrogens with one attached hydrogen (secondary N) is 1. The molecule has 0 radical (unpaired) electrons. The van der Waals surface area contributed by atoms with Gasteiger partial charge in [-0.25, -0.2) is 4.98 Å². The second kappa shape index (κ2) is 5.69. The summed E-state index contributed by atoms with van der Waals surface area (Å²) in [6.07, 6.45) is 5.29. The molecule has 0 aliphatic carbocycles. The van der Waals surface area contributed by atoms with Crippen LogP contribution in [-0.2, 0) is 0 Å². The summed E-state index contributed by atoms with van der Waals surface area (Å²) >= 11 is 9.38. The number of fused-ring (bicyclic) bond motifs is 1. The van der Waals surface area contributed by atoms with E-state index < -0.39 is 0 Å². The molecule has 2 rings (SSSR count). The third-order valence-electron chi connectivity index (χ3n) is 2.48. The smallest absolute Gasteiger partial charge is 0.173 e. The summed E-state index contributed by atoms with van der Waals surface area (Å²) in [5.41, 5.74) is 0.732. The number of unbranched alkanes of at least 4 members (excludes halogenated alkanes) is 2. The van der Waals surface area contributed by atoms with Crippen molar-refractivity contribution in [2.75, 3.05) is 11.9 Å². The first-order valence-corrected chi connectivity index (χ1v) is 6.83. The number of anilines is 1. The normalized spacial score (nSPS) is 11.0. The first-order chi connectivity index (χ1) is 8.22. The molecular formula is C11H14BrClN4. The zero-order valence-electron chi connectivity index (χ0n) is 9.58. The molecule has 0 aliphatic rings. The van der Waals surface area contributed by atoms with Gasteiger partial charge in [0, 0.05) is 12.6 Å². The third-order valence-corrected chi connectivity index (χ3v) is 3.24. The van der Waals surface area contributed by atoms with Gasteiger partial charge in [-0.3, -0.25) is 0 Å². The Bertz CT molecular complexity index is 511. The summed E-state index contributed by atoms with van der Waals surface area (Å²) in [7, 11) is 0. The van der Waals surface area contributed by atoms with Crippen LogP contribution in [0.2, 0.25) is 5.15 Å². The second-order valence-electron chi connectivity index (χ2n) is 3.83. The van der Waals surface area contributed by atoms with E-state index in [1.165, 1.54) is 12.8 Å². The summed E-state index contributed by atoms with van der Waals surface area (Å²) in [5, 5.41) is 8.05. The molecule has 0 atom stereocenters. The van der Waals surface area contributed by atoms with Crippen LogP contribution in [0.3, 0.4) is 0 Å². The van der Waals surface area contributed by atoms with E-state index in [0.717, 1.165) is 28.9 Å². The Morgan fingerprint density at radius 3 is 3.06 bits per heavy atom. The van der Waals surface area contributed by atoms with Crippen molar-refractivity contribution in [3.63, 3.8) is 0 Å². The topological polar surface area (TPSA) is 42.2 Å². The highest BCUT2D eigenvalue weighted by Crippen LogP contribution is 2.22. The van der Waals surface area contributed by atoms with Crippen LogP contribution < -0.4 is 5.32 Å². The van der Waals surface area contributed by atoms with Gasteiger partial charge >= 0.3 is 0 Å². The van der Waals surface area contributed by atoms with E-state index >= 15 is 0 Å². The third kappa shape index (κ3) is 2.90. The summed E-state index contributed by atoms with van der Waals surface area (Å²) in [5.74, 6) is 0.877. The summed E-state index contributed by atoms with van der Waals surface area (Å²) < 4.78 is 2.60. The fourth-order valence-corrected chi connectivity index (χ4v) is 2.16. The van der Waals surface area contributed by atoms with E-state index in [1.807, 2.05) is 0 Å². The van der Waals surface area contributed by atoms with Crippen molar-refractivity contribution in [2.45, 2.75) is 26.2 Å². The lowest BCUT2D eigenvalue weighted by atomic mass is 10.2. The zero-order valence-corrected chi connectivity index (χ0v) is 11.9. The molecule has 1 N–H and O–H groups in total. The SMILES string of the molecule is CCCCCNc1cc(Cl)nc2c(Br)cnn12. The molecule has 0 bridgehead atoms. The van der Waals surface area contributed by atoms with E-state index in [4.69, 9.17) is 11.6 Å². The fourth-order valence-electron chi connectivity index (χ4n) is 1.62. The molecule has 0 spiro atoms. The van der Waals surface area contributed by atoms with Gasteiger partial charge in [0.05, 0.1) is 10.7 Å². The van der Waals surface area contributed by atoms with E-state index in [1.54, 1.807) is 16.8 Å². The first kappa shape index (κ1) is 12.6. The molecule has 17 heavy (non-hydrogen) atoms. The van der Waals surface area contributed by atoms with E-state index in [2.05, 4.69) is 38.3 Å². The van der Waals surface area contributed by atoms with E-state index in [-0.39, 0.29) is 0 Å². The number of aromatic nitrogens is 3. The van der Waals surface area contributed by atoms with Crippen LogP contribution in [0.15, 0.2) is 16.7 Å². The molecule has 2 aromatic rings. The van der Waals surface area contributed by atoms with Crippen LogP contribution >= 0.6 is 27.5 Å². The van der Waals surface area contributed by atoms with E-state index in [9.17, 15) is 0 Å². The molecule has 4 nitrogen and oxygen atoms in total. The van der Waals surface area contributed by atoms with Crippen LogP contribution in [0.25, 0.3) is 5.65 Å². The maximum absolute atomic E-state index is 5.98. The predicted molar refractivity (Wildman–Crippen MR) is 73.7 cm³/mol. The lowest BCUT2D eigenvalue weighted by Crippen LogP contribution is -2.07. The number of halogens is 2. The van der Waals surface area contributed by atoms with Crippen molar-refractivity contribution in [3.8, 4) is 0 Å². The van der Waals surface area contributed by atoms with Gasteiger partial charge in [0.15, 0.2) is 5.65 Å². The van der Waals surface area contributed by atoms with Crippen molar-refractivity contribution in [3.05, 3.63) is 21.9 Å². The van der Waals surface area contributed by atoms with Crippen molar-refractivity contribution >= 4 is 39.0 Å². The highest BCUT2D eigenvalue weighted by atomic mass is 79.9. The average molecular weight is 318 g/mol. The fraction of sp³-hybridized carbons (Fsp3) is 0.455. The maximum Gasteiger partial charge on any atom is 0.173 e. The van der Waals surface area contributed by atoms with Gasteiger partial charge in [0.25, 0.3) is 0 Å². The van der Waals surface area contributed by atoms with Crippen LogP contribution in [0.5, 0.6) is 0 Å². The van der Waals surface area contributed by atoms with Gasteiger partial charge in [-0.1, -0.05) is 31.4 Å². The second-order valence-corrected chi connectivity index (χ2v) is 5.07. The number of hydrogen-bond acceptors (Lipinski definition) is 3. The van der Waals surface area contributed by atoms with Gasteiger partial charge in [-0.05, 0) is 22.4 Å². The Balaban J connectivity index is 2.20. The lowest BCUT2D eigenvalue weighted by Gasteiger charge is -2.08. The molecule has 0 aromatic carbocycles. The molecule has 0 saturated heterocycles. The van der Waals surface area contributed by atoms with Gasteiger partial charge in [-0.2, -0.15) is 9.61 Å². The Kier molecular flexibility index (Phi) is 4.23. The minimum Gasteiger partial charge on any atom is -0.370 e. The molecule has 2 heterocycles. The van der Waals surface area contributed by atoms with Gasteiger partial charge in [-0.15, -0.1) is 0 Å². The quantitative estimate of drug-likeness (QED) is 0.674. The minimum absolute atomic E-state index is 0.469. The van der Waals surface area contributed by atoms with Gasteiger partial charge in [0.2, 0.25) is 0 Å². The Morgan fingerprint density at radius 2 is 2.29 bits per heavy atom. The average Bonchev–Trinajstić information content (AvgIpc) is 2.67. The number of hydrogen-bond donors (Lipinski definition) is 1. The van der Waals surface area contributed by atoms with Crippen LogP contribution in [0.4, 0.5) is 5.82 Å². The molecule has 92 valence electrons. The molecule has 0 amide bonds. The Morgan fingerprint density at radius 1 is 1.47 bits per heavy atom. The van der Waals surface area contributed by atoms with Crippen molar-refractivity contribution < 1.29 is 0 Å². The van der Waals surface area contributed by atoms with Gasteiger partial charge < -0.3 is 5.32 Å². The molecule has 0 fully saturated rings. The van der Waals surface area contributed by atoms with E-state index in [0.29, 0.717) is 5.15 Å². The predicted octanol–water partition coefficient (Wildman–Crippen LogP) is 3.75. The Labute approximate surface area is 114 Å². The van der Waals surface area contributed by atoms with Crippen molar-refractivity contribution in [1.82, 2.24) is 14.6 Å². The summed E-state index contributed by atoms with van der Waals surface area (Å²) in [6.45, 7) is 3.10. The molecule has 2 aromatic heterocycles. The van der Waals surface area contributed by atoms with Crippen LogP contribution in [0.1, 0.15) is 26.2 Å². The zero-order chi connectivity index (χ0) is 12.3. The Hall–Kier alpha value is -0.810. The number of rotatable bonds is 5. The summed E-state index contributed by atoms with van der Waals surface area (Å²) in [4.78, 5) is 4.22. The minimum atomic E-state index is 0.469. The number of nitrogens with zero attached hydrogens (tertiary/aromatic N) is 3. The standard InChI is InChI=1S/C11H14BrClN4/c1-2-3-4-5-14-10-6-9(13)16-11-8(12)7-15-17(10)11/h6-7,14H,2-5H2,1H3. The highest BCUT2D eigenvalue weighted by molar-refractivity contribution is 9.10. The van der Waals surface area contributed by atoms with Crippen LogP contribution in [0, 0.1) is 0 Å². The van der Waals surface area contributed by atoms with Crippen molar-refractivity contribution in [2.24, 2.45) is 0 Å². The van der Waals surface area contributed by atoms with Crippen LogP contribution in [-0.4, -0.2) is 21.1 Å². The molecular weight excluding hydrogens is 304 g/mol. The first-order valence-electron chi connectivity index (χ1n) is 5.66. The highest BCUT2D eigenvalue weighted by Gasteiger charge is 2.08. The van der Waals surface area contributed by atoms with Crippen molar-refractivity contribution in [1.29, 1.82) is 0 Å².